The number of furan rings is 1. The summed E-state index contributed by atoms with van der Waals surface area (Å²) >= 11 is 0. The largest absolute Gasteiger partial charge is 0.492 e. The zero-order valence-electron chi connectivity index (χ0n) is 17.4. The highest BCUT2D eigenvalue weighted by Crippen LogP contribution is 2.32. The number of rotatable bonds is 6. The van der Waals surface area contributed by atoms with E-state index in [4.69, 9.17) is 9.15 Å². The number of aryl methyl sites for hydroxylation is 2. The Labute approximate surface area is 172 Å². The summed E-state index contributed by atoms with van der Waals surface area (Å²) in [6, 6.07) is 13.8. The molecule has 3 aromatic rings. The lowest BCUT2D eigenvalue weighted by atomic mass is 9.95. The molecular weight excluding hydrogens is 362 g/mol. The molecular formula is C25H29NO3. The van der Waals surface area contributed by atoms with E-state index in [1.54, 1.807) is 0 Å². The SMILES string of the molecule is CCN(CC)CCOc1ccc2c(c1)CCCCc1oc3ccccc3c1C2=O. The number of para-hydroxylation sites is 1. The fraction of sp³-hybridized carbons (Fsp3) is 0.400. The molecule has 0 saturated heterocycles. The van der Waals surface area contributed by atoms with Crippen LogP contribution in [0.2, 0.25) is 0 Å². The minimum atomic E-state index is 0.0662. The van der Waals surface area contributed by atoms with Gasteiger partial charge in [0, 0.05) is 23.9 Å². The molecule has 152 valence electrons. The van der Waals surface area contributed by atoms with Crippen LogP contribution < -0.4 is 4.74 Å². The van der Waals surface area contributed by atoms with Crippen LogP contribution in [0.1, 0.15) is 53.9 Å². The van der Waals surface area contributed by atoms with Crippen LogP contribution in [0.25, 0.3) is 11.0 Å². The molecule has 29 heavy (non-hydrogen) atoms. The van der Waals surface area contributed by atoms with Crippen molar-refractivity contribution in [3.63, 3.8) is 0 Å². The Balaban J connectivity index is 1.63. The van der Waals surface area contributed by atoms with Crippen LogP contribution in [0.15, 0.2) is 46.9 Å². The number of ether oxygens (including phenoxy) is 1. The molecule has 1 heterocycles. The Kier molecular flexibility index (Phi) is 6.00. The summed E-state index contributed by atoms with van der Waals surface area (Å²) in [4.78, 5) is 15.8. The molecule has 0 amide bonds. The van der Waals surface area contributed by atoms with E-state index in [-0.39, 0.29) is 5.78 Å². The second-order valence-corrected chi connectivity index (χ2v) is 7.63. The van der Waals surface area contributed by atoms with Gasteiger partial charge in [0.1, 0.15) is 23.7 Å². The number of hydrogen-bond donors (Lipinski definition) is 0. The Morgan fingerprint density at radius 2 is 1.83 bits per heavy atom. The third-order valence-electron chi connectivity index (χ3n) is 5.89. The summed E-state index contributed by atoms with van der Waals surface area (Å²) < 4.78 is 12.0. The first-order valence-corrected chi connectivity index (χ1v) is 10.7. The van der Waals surface area contributed by atoms with E-state index in [9.17, 15) is 4.79 Å². The highest BCUT2D eigenvalue weighted by atomic mass is 16.5. The fourth-order valence-electron chi connectivity index (χ4n) is 4.18. The Bertz CT molecular complexity index is 1000. The third kappa shape index (κ3) is 4.08. The normalized spacial score (nSPS) is 14.2. The smallest absolute Gasteiger partial charge is 0.197 e. The predicted molar refractivity (Wildman–Crippen MR) is 116 cm³/mol. The number of benzene rings is 2. The lowest BCUT2D eigenvalue weighted by molar-refractivity contribution is 0.103. The molecule has 0 N–H and O–H groups in total. The minimum absolute atomic E-state index is 0.0662. The summed E-state index contributed by atoms with van der Waals surface area (Å²) in [5.41, 5.74) is 3.38. The fourth-order valence-corrected chi connectivity index (χ4v) is 4.18. The summed E-state index contributed by atoms with van der Waals surface area (Å²) in [5, 5.41) is 0.917. The molecule has 4 heteroatoms. The van der Waals surface area contributed by atoms with Crippen molar-refractivity contribution in [3.8, 4) is 5.75 Å². The van der Waals surface area contributed by atoms with Crippen molar-refractivity contribution in [2.24, 2.45) is 0 Å². The van der Waals surface area contributed by atoms with Crippen molar-refractivity contribution >= 4 is 16.8 Å². The second kappa shape index (κ2) is 8.83. The first kappa shape index (κ1) is 19.7. The van der Waals surface area contributed by atoms with Gasteiger partial charge in [0.15, 0.2) is 5.78 Å². The molecule has 2 aromatic carbocycles. The van der Waals surface area contributed by atoms with Gasteiger partial charge in [0.25, 0.3) is 0 Å². The van der Waals surface area contributed by atoms with E-state index < -0.39 is 0 Å². The van der Waals surface area contributed by atoms with Crippen LogP contribution in [0.5, 0.6) is 5.75 Å². The Morgan fingerprint density at radius 1 is 1.03 bits per heavy atom. The summed E-state index contributed by atoms with van der Waals surface area (Å²) in [7, 11) is 0. The van der Waals surface area contributed by atoms with Gasteiger partial charge in [0.2, 0.25) is 0 Å². The number of ketones is 1. The molecule has 1 aliphatic carbocycles. The summed E-state index contributed by atoms with van der Waals surface area (Å²) in [5.74, 6) is 1.74. The maximum atomic E-state index is 13.5. The molecule has 0 atom stereocenters. The highest BCUT2D eigenvalue weighted by Gasteiger charge is 2.25. The van der Waals surface area contributed by atoms with Gasteiger partial charge in [-0.1, -0.05) is 32.0 Å². The van der Waals surface area contributed by atoms with Crippen molar-refractivity contribution < 1.29 is 13.9 Å². The zero-order valence-corrected chi connectivity index (χ0v) is 17.4. The molecule has 4 nitrogen and oxygen atoms in total. The van der Waals surface area contributed by atoms with E-state index in [2.05, 4.69) is 24.8 Å². The monoisotopic (exact) mass is 391 g/mol. The topological polar surface area (TPSA) is 42.7 Å². The number of fused-ring (bicyclic) bond motifs is 4. The predicted octanol–water partition coefficient (Wildman–Crippen LogP) is 5.26. The van der Waals surface area contributed by atoms with Crippen LogP contribution in [0.3, 0.4) is 0 Å². The lowest BCUT2D eigenvalue weighted by Crippen LogP contribution is -2.27. The van der Waals surface area contributed by atoms with Crippen LogP contribution in [0.4, 0.5) is 0 Å². The Morgan fingerprint density at radius 3 is 2.66 bits per heavy atom. The molecule has 0 radical (unpaired) electrons. The molecule has 4 rings (SSSR count). The van der Waals surface area contributed by atoms with Crippen LogP contribution in [-0.4, -0.2) is 36.9 Å². The van der Waals surface area contributed by atoms with Crippen LogP contribution in [0, 0.1) is 0 Å². The standard InChI is InChI=1S/C25H29NO3/c1-3-26(4-2)15-16-28-19-13-14-20-18(17-19)9-5-7-12-23-24(25(20)27)21-10-6-8-11-22(21)29-23/h6,8,10-11,13-14,17H,3-5,7,9,12,15-16H2,1-2H3. The van der Waals surface area contributed by atoms with E-state index in [0.717, 1.165) is 84.5 Å². The summed E-state index contributed by atoms with van der Waals surface area (Å²) in [6.07, 6.45) is 3.72. The molecule has 0 fully saturated rings. The molecule has 0 saturated carbocycles. The number of carbonyl (C=O) groups excluding carboxylic acids is 1. The minimum Gasteiger partial charge on any atom is -0.492 e. The maximum absolute atomic E-state index is 13.5. The van der Waals surface area contributed by atoms with E-state index in [1.165, 1.54) is 0 Å². The van der Waals surface area contributed by atoms with Crippen molar-refractivity contribution in [2.75, 3.05) is 26.2 Å². The van der Waals surface area contributed by atoms with Gasteiger partial charge in [-0.2, -0.15) is 0 Å². The second-order valence-electron chi connectivity index (χ2n) is 7.63. The van der Waals surface area contributed by atoms with Crippen molar-refractivity contribution in [1.29, 1.82) is 0 Å². The van der Waals surface area contributed by atoms with Gasteiger partial charge in [-0.25, -0.2) is 0 Å². The molecule has 1 aliphatic rings. The number of likely N-dealkylation sites (N-methyl/N-ethyl adjacent to an activating group) is 1. The average molecular weight is 392 g/mol. The number of hydrogen-bond acceptors (Lipinski definition) is 4. The van der Waals surface area contributed by atoms with Gasteiger partial charge in [-0.05, 0) is 62.2 Å². The van der Waals surface area contributed by atoms with Gasteiger partial charge in [0.05, 0.1) is 5.56 Å². The van der Waals surface area contributed by atoms with Crippen molar-refractivity contribution in [3.05, 3.63) is 64.9 Å². The summed E-state index contributed by atoms with van der Waals surface area (Å²) in [6.45, 7) is 7.95. The molecule has 0 bridgehead atoms. The molecule has 0 unspecified atom stereocenters. The van der Waals surface area contributed by atoms with Crippen LogP contribution in [-0.2, 0) is 12.8 Å². The molecule has 0 aliphatic heterocycles. The van der Waals surface area contributed by atoms with Crippen molar-refractivity contribution in [1.82, 2.24) is 4.90 Å². The van der Waals surface area contributed by atoms with Gasteiger partial charge < -0.3 is 14.1 Å². The molecule has 0 spiro atoms. The van der Waals surface area contributed by atoms with Crippen LogP contribution >= 0.6 is 0 Å². The van der Waals surface area contributed by atoms with E-state index in [0.29, 0.717) is 6.61 Å². The van der Waals surface area contributed by atoms with E-state index >= 15 is 0 Å². The molecule has 1 aromatic heterocycles. The maximum Gasteiger partial charge on any atom is 0.197 e. The van der Waals surface area contributed by atoms with Gasteiger partial charge >= 0.3 is 0 Å². The lowest BCUT2D eigenvalue weighted by Gasteiger charge is -2.18. The average Bonchev–Trinajstić information content (AvgIpc) is 3.13. The van der Waals surface area contributed by atoms with Gasteiger partial charge in [-0.3, -0.25) is 4.79 Å². The Hall–Kier alpha value is -2.59. The van der Waals surface area contributed by atoms with E-state index in [1.807, 2.05) is 36.4 Å². The first-order valence-electron chi connectivity index (χ1n) is 10.7. The highest BCUT2D eigenvalue weighted by molar-refractivity contribution is 6.17. The first-order chi connectivity index (χ1) is 14.2. The third-order valence-corrected chi connectivity index (χ3v) is 5.89. The van der Waals surface area contributed by atoms with Gasteiger partial charge in [-0.15, -0.1) is 0 Å². The quantitative estimate of drug-likeness (QED) is 0.575. The number of carbonyl (C=O) groups is 1. The van der Waals surface area contributed by atoms with Crippen molar-refractivity contribution in [2.45, 2.75) is 39.5 Å². The number of nitrogens with zero attached hydrogens (tertiary/aromatic N) is 1. The zero-order chi connectivity index (χ0) is 20.2.